The van der Waals surface area contributed by atoms with E-state index in [1.54, 1.807) is 0 Å². The fourth-order valence-corrected chi connectivity index (χ4v) is 5.87. The molecule has 4 rings (SSSR count). The van der Waals surface area contributed by atoms with E-state index in [9.17, 15) is 9.18 Å². The molecule has 7 nitrogen and oxygen atoms in total. The summed E-state index contributed by atoms with van der Waals surface area (Å²) in [5.74, 6) is -2.48. The number of fused-ring (bicyclic) bond motifs is 2. The highest BCUT2D eigenvalue weighted by atomic mass is 19.1. The van der Waals surface area contributed by atoms with Gasteiger partial charge < -0.3 is 24.1 Å². The molecule has 0 aromatic heterocycles. The van der Waals surface area contributed by atoms with Crippen LogP contribution in [0.4, 0.5) is 13.2 Å². The molecule has 0 fully saturated rings. The number of alkyl halides is 1. The van der Waals surface area contributed by atoms with Crippen LogP contribution >= 0.6 is 0 Å². The first-order valence-electron chi connectivity index (χ1n) is 14.7. The molecule has 1 aliphatic carbocycles. The molecule has 2 aliphatic rings. The van der Waals surface area contributed by atoms with Crippen molar-refractivity contribution in [3.63, 3.8) is 0 Å². The molecular weight excluding hydrogens is 563 g/mol. The Labute approximate surface area is 251 Å². The molecule has 1 aliphatic heterocycles. The number of ether oxygens (including phenoxy) is 4. The predicted molar refractivity (Wildman–Crippen MR) is 157 cm³/mol. The van der Waals surface area contributed by atoms with E-state index in [0.29, 0.717) is 12.8 Å². The van der Waals surface area contributed by atoms with E-state index in [4.69, 9.17) is 24.1 Å². The standard InChI is InChI=1S/C33H42F3NO6/c1-20-14-26-25-9-7-6-8-23(25)15-27(26)32(37(20)19-33(4,5)36)31-28(34)16-24(17-29(31)35)43-13-12-42-22(3)21(2)41-11-10-40-18-30(38)39/h6-9,16-17,20-22,32H,10-15,18-19H2,1-5H3,(H,38,39)/t20-,21-,22-,32+/m1/s1. The highest BCUT2D eigenvalue weighted by molar-refractivity contribution is 5.79. The van der Waals surface area contributed by atoms with Gasteiger partial charge in [-0.2, -0.15) is 0 Å². The fourth-order valence-electron chi connectivity index (χ4n) is 5.87. The largest absolute Gasteiger partial charge is 0.491 e. The summed E-state index contributed by atoms with van der Waals surface area (Å²) in [7, 11) is 0. The Kier molecular flexibility index (Phi) is 10.9. The van der Waals surface area contributed by atoms with Crippen molar-refractivity contribution in [2.24, 2.45) is 0 Å². The molecule has 2 aromatic rings. The van der Waals surface area contributed by atoms with Crippen molar-refractivity contribution in [3.05, 3.63) is 70.3 Å². The monoisotopic (exact) mass is 605 g/mol. The SMILES string of the molecule is C[C@@H]1CC2=C(Cc3ccccc32)[C@@H](c2c(F)cc(OCCO[C@H](C)[C@@H](C)OCCOCC(=O)O)cc2F)N1CC(C)(C)F. The van der Waals surface area contributed by atoms with Gasteiger partial charge >= 0.3 is 5.97 Å². The summed E-state index contributed by atoms with van der Waals surface area (Å²) in [5, 5.41) is 8.58. The van der Waals surface area contributed by atoms with Crippen molar-refractivity contribution in [1.82, 2.24) is 4.90 Å². The summed E-state index contributed by atoms with van der Waals surface area (Å²) in [4.78, 5) is 12.4. The number of hydrogen-bond donors (Lipinski definition) is 1. The molecule has 0 spiro atoms. The quantitative estimate of drug-likeness (QED) is 0.244. The van der Waals surface area contributed by atoms with Crippen molar-refractivity contribution in [2.45, 2.75) is 77.4 Å². The maximum absolute atomic E-state index is 15.8. The maximum Gasteiger partial charge on any atom is 0.329 e. The van der Waals surface area contributed by atoms with Crippen LogP contribution in [0.2, 0.25) is 0 Å². The number of benzene rings is 2. The van der Waals surface area contributed by atoms with Crippen LogP contribution in [0.25, 0.3) is 5.57 Å². The van der Waals surface area contributed by atoms with E-state index in [-0.39, 0.29) is 69.1 Å². The second kappa shape index (κ2) is 14.2. The molecule has 236 valence electrons. The van der Waals surface area contributed by atoms with E-state index in [2.05, 4.69) is 0 Å². The average molecular weight is 606 g/mol. The average Bonchev–Trinajstić information content (AvgIpc) is 3.29. The Morgan fingerprint density at radius 3 is 2.30 bits per heavy atom. The van der Waals surface area contributed by atoms with Gasteiger partial charge in [0.15, 0.2) is 0 Å². The van der Waals surface area contributed by atoms with Crippen LogP contribution in [-0.4, -0.2) is 79.5 Å². The summed E-state index contributed by atoms with van der Waals surface area (Å²) >= 11 is 0. The molecule has 0 unspecified atom stereocenters. The molecule has 0 saturated carbocycles. The molecule has 10 heteroatoms. The van der Waals surface area contributed by atoms with Crippen molar-refractivity contribution in [3.8, 4) is 5.75 Å². The number of hydrogen-bond acceptors (Lipinski definition) is 6. The van der Waals surface area contributed by atoms with Crippen LogP contribution in [0.15, 0.2) is 42.0 Å². The number of halogens is 3. The summed E-state index contributed by atoms with van der Waals surface area (Å²) in [5.41, 5.74) is 2.59. The van der Waals surface area contributed by atoms with Gasteiger partial charge in [0.25, 0.3) is 0 Å². The lowest BCUT2D eigenvalue weighted by Crippen LogP contribution is -2.47. The second-order valence-electron chi connectivity index (χ2n) is 11.9. The summed E-state index contributed by atoms with van der Waals surface area (Å²) in [6.45, 7) is 8.82. The molecule has 43 heavy (non-hydrogen) atoms. The molecular formula is C33H42F3NO6. The Morgan fingerprint density at radius 1 is 1.05 bits per heavy atom. The second-order valence-corrected chi connectivity index (χ2v) is 11.9. The minimum Gasteiger partial charge on any atom is -0.491 e. The third-order valence-electron chi connectivity index (χ3n) is 7.95. The molecule has 0 radical (unpaired) electrons. The van der Waals surface area contributed by atoms with E-state index in [1.807, 2.05) is 49.9 Å². The summed E-state index contributed by atoms with van der Waals surface area (Å²) < 4.78 is 68.5. The smallest absolute Gasteiger partial charge is 0.329 e. The Hall–Kier alpha value is -2.92. The number of aliphatic carboxylic acids is 1. The third-order valence-corrected chi connectivity index (χ3v) is 7.95. The van der Waals surface area contributed by atoms with Gasteiger partial charge in [-0.25, -0.2) is 18.0 Å². The Balaban J connectivity index is 1.42. The number of rotatable bonds is 15. The van der Waals surface area contributed by atoms with Crippen LogP contribution in [0.5, 0.6) is 5.75 Å². The lowest BCUT2D eigenvalue weighted by Gasteiger charge is -2.44. The van der Waals surface area contributed by atoms with Gasteiger partial charge in [0.1, 0.15) is 36.3 Å². The van der Waals surface area contributed by atoms with Gasteiger partial charge in [-0.1, -0.05) is 24.3 Å². The van der Waals surface area contributed by atoms with Gasteiger partial charge in [-0.3, -0.25) is 4.90 Å². The Morgan fingerprint density at radius 2 is 1.67 bits per heavy atom. The van der Waals surface area contributed by atoms with E-state index in [1.165, 1.54) is 26.0 Å². The maximum atomic E-state index is 15.8. The van der Waals surface area contributed by atoms with Gasteiger partial charge in [-0.05, 0) is 69.7 Å². The topological polar surface area (TPSA) is 77.5 Å². The molecule has 0 bridgehead atoms. The minimum atomic E-state index is -1.56. The minimum absolute atomic E-state index is 0.0378. The number of carboxylic acid groups (broad SMARTS) is 1. The first-order valence-corrected chi connectivity index (χ1v) is 14.7. The van der Waals surface area contributed by atoms with E-state index < -0.39 is 29.3 Å². The lowest BCUT2D eigenvalue weighted by molar-refractivity contribution is -0.143. The molecule has 0 saturated heterocycles. The van der Waals surface area contributed by atoms with Crippen LogP contribution in [0.1, 0.15) is 63.8 Å². The van der Waals surface area contributed by atoms with Crippen molar-refractivity contribution in [2.75, 3.05) is 39.6 Å². The van der Waals surface area contributed by atoms with Gasteiger partial charge in [0.2, 0.25) is 0 Å². The first-order chi connectivity index (χ1) is 20.4. The third kappa shape index (κ3) is 8.38. The number of nitrogens with zero attached hydrogens (tertiary/aromatic N) is 1. The van der Waals surface area contributed by atoms with Crippen LogP contribution in [0, 0.1) is 11.6 Å². The van der Waals surface area contributed by atoms with Crippen molar-refractivity contribution in [1.29, 1.82) is 0 Å². The van der Waals surface area contributed by atoms with E-state index in [0.717, 1.165) is 22.3 Å². The summed E-state index contributed by atoms with van der Waals surface area (Å²) in [6.07, 6.45) is 0.648. The molecule has 4 atom stereocenters. The molecule has 1 heterocycles. The van der Waals surface area contributed by atoms with Crippen LogP contribution in [-0.2, 0) is 25.4 Å². The molecule has 2 aromatic carbocycles. The van der Waals surface area contributed by atoms with E-state index >= 15 is 8.78 Å². The van der Waals surface area contributed by atoms with Crippen molar-refractivity contribution >= 4 is 11.5 Å². The van der Waals surface area contributed by atoms with Crippen molar-refractivity contribution < 1.29 is 42.0 Å². The fraction of sp³-hybridized carbons (Fsp3) is 0.545. The zero-order chi connectivity index (χ0) is 31.3. The lowest BCUT2D eigenvalue weighted by atomic mass is 9.84. The number of carboxylic acids is 1. The predicted octanol–water partition coefficient (Wildman–Crippen LogP) is 6.15. The first kappa shape index (κ1) is 33.0. The van der Waals surface area contributed by atoms with Gasteiger partial charge in [-0.15, -0.1) is 0 Å². The zero-order valence-corrected chi connectivity index (χ0v) is 25.5. The van der Waals surface area contributed by atoms with Crippen LogP contribution < -0.4 is 4.74 Å². The van der Waals surface area contributed by atoms with Gasteiger partial charge in [0, 0.05) is 30.3 Å². The zero-order valence-electron chi connectivity index (χ0n) is 25.5. The van der Waals surface area contributed by atoms with Gasteiger partial charge in [0.05, 0.1) is 38.1 Å². The molecule has 1 N–H and O–H groups in total. The summed E-state index contributed by atoms with van der Waals surface area (Å²) in [6, 6.07) is 9.52. The highest BCUT2D eigenvalue weighted by Gasteiger charge is 2.43. The Bertz CT molecular complexity index is 1290. The van der Waals surface area contributed by atoms with Crippen LogP contribution in [0.3, 0.4) is 0 Å². The number of carbonyl (C=O) groups is 1. The normalized spacial score (nSPS) is 20.1. The highest BCUT2D eigenvalue weighted by Crippen LogP contribution is 2.50. The molecule has 0 amide bonds.